The van der Waals surface area contributed by atoms with Crippen LogP contribution in [-0.4, -0.2) is 0 Å². The van der Waals surface area contributed by atoms with Gasteiger partial charge in [0.05, 0.1) is 0 Å². The molecule has 4 aromatic rings. The average Bonchev–Trinajstić information content (AvgIpc) is 2.98. The number of hydrogen-bond acceptors (Lipinski definition) is 0. The Morgan fingerprint density at radius 1 is 0.556 bits per heavy atom. The average molecular weight is 479 g/mol. The van der Waals surface area contributed by atoms with Gasteiger partial charge in [-0.2, -0.15) is 11.1 Å². The largest absolute Gasteiger partial charge is 2.00 e. The van der Waals surface area contributed by atoms with Gasteiger partial charge in [-0.1, -0.05) is 53.7 Å². The van der Waals surface area contributed by atoms with Crippen molar-refractivity contribution in [3.05, 3.63) is 81.9 Å². The minimum absolute atomic E-state index is 0. The zero-order valence-electron chi connectivity index (χ0n) is 16.9. The molecule has 0 amide bonds. The summed E-state index contributed by atoms with van der Waals surface area (Å²) in [5.41, 5.74) is 8.62. The fraction of sp³-hybridized carbons (Fsp3) is 0.250. The molecule has 0 aliphatic heterocycles. The van der Waals surface area contributed by atoms with Crippen molar-refractivity contribution in [2.24, 2.45) is 0 Å². The Kier molecular flexibility index (Phi) is 10.3. The molecular formula is C24H28Cl2Zr. The maximum absolute atomic E-state index is 2.20. The monoisotopic (exact) mass is 476 g/mol. The Morgan fingerprint density at radius 2 is 0.852 bits per heavy atom. The first-order chi connectivity index (χ1) is 11.4. The Labute approximate surface area is 195 Å². The minimum Gasteiger partial charge on any atom is -0.153 e. The molecule has 0 bridgehead atoms. The second-order valence-corrected chi connectivity index (χ2v) is 6.84. The molecular weight excluding hydrogens is 450 g/mol. The van der Waals surface area contributed by atoms with Gasteiger partial charge in [-0.25, -0.2) is 0 Å². The van der Waals surface area contributed by atoms with Crippen LogP contribution >= 0.6 is 24.8 Å². The van der Waals surface area contributed by atoms with Crippen molar-refractivity contribution in [1.82, 2.24) is 0 Å². The third kappa shape index (κ3) is 4.76. The van der Waals surface area contributed by atoms with Gasteiger partial charge in [0, 0.05) is 0 Å². The van der Waals surface area contributed by atoms with E-state index in [1.165, 1.54) is 54.9 Å². The summed E-state index contributed by atoms with van der Waals surface area (Å²) in [5, 5.41) is 5.64. The molecule has 0 fully saturated rings. The molecule has 27 heavy (non-hydrogen) atoms. The van der Waals surface area contributed by atoms with Crippen LogP contribution in [0.4, 0.5) is 0 Å². The van der Waals surface area contributed by atoms with Gasteiger partial charge in [0.25, 0.3) is 0 Å². The van der Waals surface area contributed by atoms with Crippen LogP contribution in [0.3, 0.4) is 0 Å². The molecule has 0 N–H and O–H groups in total. The number of aryl methyl sites for hydroxylation is 4. The number of fused-ring (bicyclic) bond motifs is 2. The molecule has 0 aliphatic carbocycles. The summed E-state index contributed by atoms with van der Waals surface area (Å²) in [4.78, 5) is 0. The summed E-state index contributed by atoms with van der Waals surface area (Å²) in [6.45, 7) is 13.2. The first kappa shape index (κ1) is 26.1. The number of halogens is 2. The standard InChI is InChI=1S/2C12H13.2ClH.Zr/c2*1-8-9(2)11-6-4-5-7-12(11)10(8)3;;;/h2*4-7H,1-3H3;2*1H;/q2*-1;;;+2. The summed E-state index contributed by atoms with van der Waals surface area (Å²) in [5.74, 6) is 0. The van der Waals surface area contributed by atoms with Gasteiger partial charge in [0.15, 0.2) is 0 Å². The zero-order valence-corrected chi connectivity index (χ0v) is 21.0. The molecule has 4 aromatic carbocycles. The fourth-order valence-corrected chi connectivity index (χ4v) is 3.64. The first-order valence-corrected chi connectivity index (χ1v) is 8.65. The van der Waals surface area contributed by atoms with Gasteiger partial charge >= 0.3 is 26.2 Å². The van der Waals surface area contributed by atoms with E-state index in [-0.39, 0.29) is 51.0 Å². The number of hydrogen-bond donors (Lipinski definition) is 0. The third-order valence-electron chi connectivity index (χ3n) is 5.72. The Bertz CT molecular complexity index is 860. The van der Waals surface area contributed by atoms with Gasteiger partial charge < -0.3 is 0 Å². The van der Waals surface area contributed by atoms with E-state index in [1.54, 1.807) is 0 Å². The van der Waals surface area contributed by atoms with Crippen LogP contribution in [0, 0.1) is 41.5 Å². The normalized spacial score (nSPS) is 9.70. The van der Waals surface area contributed by atoms with Crippen LogP contribution in [-0.2, 0) is 26.2 Å². The summed E-state index contributed by atoms with van der Waals surface area (Å²) in [7, 11) is 0. The molecule has 142 valence electrons. The van der Waals surface area contributed by atoms with E-state index >= 15 is 0 Å². The van der Waals surface area contributed by atoms with E-state index in [4.69, 9.17) is 0 Å². The molecule has 0 nitrogen and oxygen atoms in total. The van der Waals surface area contributed by atoms with Crippen molar-refractivity contribution in [2.45, 2.75) is 41.5 Å². The molecule has 0 aliphatic rings. The molecule has 0 unspecified atom stereocenters. The van der Waals surface area contributed by atoms with E-state index in [0.717, 1.165) is 0 Å². The predicted octanol–water partition coefficient (Wildman–Crippen LogP) is 7.81. The van der Waals surface area contributed by atoms with Crippen LogP contribution in [0.2, 0.25) is 0 Å². The maximum atomic E-state index is 2.20. The van der Waals surface area contributed by atoms with Gasteiger partial charge in [-0.05, 0) is 0 Å². The van der Waals surface area contributed by atoms with Crippen molar-refractivity contribution in [1.29, 1.82) is 0 Å². The summed E-state index contributed by atoms with van der Waals surface area (Å²) < 4.78 is 0. The molecule has 0 spiro atoms. The Balaban J connectivity index is 0.000000451. The van der Waals surface area contributed by atoms with Gasteiger partial charge in [-0.15, -0.1) is 105 Å². The van der Waals surface area contributed by atoms with E-state index < -0.39 is 0 Å². The van der Waals surface area contributed by atoms with Crippen molar-refractivity contribution in [3.8, 4) is 0 Å². The third-order valence-corrected chi connectivity index (χ3v) is 5.72. The van der Waals surface area contributed by atoms with Gasteiger partial charge in [0.1, 0.15) is 0 Å². The minimum atomic E-state index is 0. The smallest absolute Gasteiger partial charge is 0.153 e. The maximum Gasteiger partial charge on any atom is 2.00 e. The van der Waals surface area contributed by atoms with E-state index in [1.807, 2.05) is 0 Å². The summed E-state index contributed by atoms with van der Waals surface area (Å²) in [6, 6.07) is 17.2. The summed E-state index contributed by atoms with van der Waals surface area (Å²) >= 11 is 0. The predicted molar refractivity (Wildman–Crippen MR) is 122 cm³/mol. The van der Waals surface area contributed by atoms with Crippen LogP contribution in [0.15, 0.2) is 48.5 Å². The van der Waals surface area contributed by atoms with Crippen LogP contribution in [0.25, 0.3) is 21.5 Å². The summed E-state index contributed by atoms with van der Waals surface area (Å²) in [6.07, 6.45) is 0. The quantitative estimate of drug-likeness (QED) is 0.226. The number of benzene rings is 2. The molecule has 3 heteroatoms. The van der Waals surface area contributed by atoms with E-state index in [2.05, 4.69) is 90.1 Å². The van der Waals surface area contributed by atoms with Crippen LogP contribution in [0.1, 0.15) is 33.4 Å². The first-order valence-electron chi connectivity index (χ1n) is 8.65. The molecule has 0 heterocycles. The number of rotatable bonds is 0. The Hall–Kier alpha value is -0.877. The second-order valence-electron chi connectivity index (χ2n) is 6.84. The molecule has 0 saturated carbocycles. The molecule has 0 radical (unpaired) electrons. The van der Waals surface area contributed by atoms with Crippen molar-refractivity contribution >= 4 is 46.4 Å². The van der Waals surface area contributed by atoms with E-state index in [9.17, 15) is 0 Å². The molecule has 4 rings (SSSR count). The van der Waals surface area contributed by atoms with Crippen LogP contribution < -0.4 is 0 Å². The van der Waals surface area contributed by atoms with Gasteiger partial charge in [0.2, 0.25) is 0 Å². The zero-order chi connectivity index (χ0) is 17.4. The molecule has 0 aromatic heterocycles. The fourth-order valence-electron chi connectivity index (χ4n) is 3.64. The van der Waals surface area contributed by atoms with Crippen molar-refractivity contribution in [3.63, 3.8) is 0 Å². The SMILES string of the molecule is Cc1c(C)[c-](C)c2ccccc12.Cc1c(C)[c-](C)c2ccccc12.Cl.Cl.[Zr+2]. The second kappa shape index (κ2) is 10.6. The molecule has 0 atom stereocenters. The van der Waals surface area contributed by atoms with Gasteiger partial charge in [-0.3, -0.25) is 0 Å². The van der Waals surface area contributed by atoms with Crippen molar-refractivity contribution in [2.75, 3.05) is 0 Å². The molecule has 0 saturated heterocycles. The Morgan fingerprint density at radius 3 is 1.15 bits per heavy atom. The van der Waals surface area contributed by atoms with Crippen LogP contribution in [0.5, 0.6) is 0 Å². The van der Waals surface area contributed by atoms with Crippen molar-refractivity contribution < 1.29 is 26.2 Å². The topological polar surface area (TPSA) is 0 Å². The van der Waals surface area contributed by atoms with E-state index in [0.29, 0.717) is 0 Å².